The second kappa shape index (κ2) is 8.10. The number of nitrogens with zero attached hydrogens (tertiary/aromatic N) is 5. The van der Waals surface area contributed by atoms with E-state index in [4.69, 9.17) is 0 Å². The zero-order valence-corrected chi connectivity index (χ0v) is 16.4. The second-order valence-electron chi connectivity index (χ2n) is 6.80. The maximum Gasteiger partial charge on any atom is 0.224 e. The molecule has 0 aliphatic rings. The van der Waals surface area contributed by atoms with Gasteiger partial charge in [-0.2, -0.15) is 10.2 Å². The number of carbonyl (C=O) groups excluding carboxylic acids is 1. The first-order valence-electron chi connectivity index (χ1n) is 9.48. The van der Waals surface area contributed by atoms with Crippen LogP contribution in [-0.2, 0) is 11.2 Å². The predicted octanol–water partition coefficient (Wildman–Crippen LogP) is 3.64. The molecule has 0 spiro atoms. The van der Waals surface area contributed by atoms with E-state index >= 15 is 0 Å². The van der Waals surface area contributed by atoms with Crippen LogP contribution in [0, 0.1) is 13.8 Å². The normalized spacial score (nSPS) is 10.8. The van der Waals surface area contributed by atoms with Crippen molar-refractivity contribution in [1.82, 2.24) is 24.5 Å². The van der Waals surface area contributed by atoms with Crippen LogP contribution in [0.5, 0.6) is 0 Å². The van der Waals surface area contributed by atoms with Crippen LogP contribution in [0.15, 0.2) is 67.1 Å². The molecule has 29 heavy (non-hydrogen) atoms. The lowest BCUT2D eigenvalue weighted by Gasteiger charge is -2.07. The quantitative estimate of drug-likeness (QED) is 0.549. The molecule has 0 fully saturated rings. The number of amides is 1. The van der Waals surface area contributed by atoms with E-state index in [2.05, 4.69) is 20.5 Å². The summed E-state index contributed by atoms with van der Waals surface area (Å²) in [4.78, 5) is 16.7. The lowest BCUT2D eigenvalue weighted by molar-refractivity contribution is -0.116. The van der Waals surface area contributed by atoms with Crippen LogP contribution in [0.25, 0.3) is 11.5 Å². The van der Waals surface area contributed by atoms with Crippen LogP contribution in [0.4, 0.5) is 5.69 Å². The smallest absolute Gasteiger partial charge is 0.224 e. The van der Waals surface area contributed by atoms with Crippen molar-refractivity contribution in [2.24, 2.45) is 0 Å². The van der Waals surface area contributed by atoms with Gasteiger partial charge in [0.05, 0.1) is 23.3 Å². The van der Waals surface area contributed by atoms with Crippen molar-refractivity contribution >= 4 is 11.6 Å². The van der Waals surface area contributed by atoms with Gasteiger partial charge in [-0.1, -0.05) is 18.2 Å². The van der Waals surface area contributed by atoms with Crippen molar-refractivity contribution in [3.05, 3.63) is 84.1 Å². The SMILES string of the molecule is Cc1nn(-c2ccccc2)c(C)c1CCC(=O)Nc1ccc(-n2cccn2)nc1. The monoisotopic (exact) mass is 386 g/mol. The molecule has 4 rings (SSSR count). The van der Waals surface area contributed by atoms with Gasteiger partial charge in [0.2, 0.25) is 5.91 Å². The Labute approximate surface area is 169 Å². The van der Waals surface area contributed by atoms with Gasteiger partial charge < -0.3 is 5.32 Å². The van der Waals surface area contributed by atoms with E-state index in [9.17, 15) is 4.79 Å². The summed E-state index contributed by atoms with van der Waals surface area (Å²) in [6.07, 6.45) is 6.17. The minimum atomic E-state index is -0.0510. The Morgan fingerprint density at radius 1 is 1.07 bits per heavy atom. The molecule has 3 aromatic heterocycles. The summed E-state index contributed by atoms with van der Waals surface area (Å²) < 4.78 is 3.60. The molecule has 0 unspecified atom stereocenters. The Morgan fingerprint density at radius 3 is 2.59 bits per heavy atom. The topological polar surface area (TPSA) is 77.6 Å². The molecule has 3 heterocycles. The summed E-state index contributed by atoms with van der Waals surface area (Å²) in [6, 6.07) is 15.5. The maximum atomic E-state index is 12.4. The number of hydrogen-bond acceptors (Lipinski definition) is 4. The third-order valence-corrected chi connectivity index (χ3v) is 4.81. The van der Waals surface area contributed by atoms with Crippen molar-refractivity contribution in [2.75, 3.05) is 5.32 Å². The molecule has 0 aliphatic carbocycles. The fraction of sp³-hybridized carbons (Fsp3) is 0.182. The highest BCUT2D eigenvalue weighted by Gasteiger charge is 2.14. The van der Waals surface area contributed by atoms with E-state index in [-0.39, 0.29) is 5.91 Å². The molecule has 0 saturated heterocycles. The first-order chi connectivity index (χ1) is 14.1. The number of carbonyl (C=O) groups is 1. The standard InChI is InChI=1S/C22H22N6O/c1-16-20(17(2)28(26-16)19-7-4-3-5-8-19)10-12-22(29)25-18-9-11-21(23-15-18)27-14-6-13-24-27/h3-9,11,13-15H,10,12H2,1-2H3,(H,25,29). The van der Waals surface area contributed by atoms with Crippen LogP contribution in [0.2, 0.25) is 0 Å². The molecule has 1 amide bonds. The Bertz CT molecular complexity index is 1100. The van der Waals surface area contributed by atoms with Crippen LogP contribution >= 0.6 is 0 Å². The number of pyridine rings is 1. The first-order valence-corrected chi connectivity index (χ1v) is 9.48. The van der Waals surface area contributed by atoms with Gasteiger partial charge in [0.1, 0.15) is 0 Å². The van der Waals surface area contributed by atoms with Crippen molar-refractivity contribution in [3.8, 4) is 11.5 Å². The lowest BCUT2D eigenvalue weighted by Crippen LogP contribution is -2.13. The molecule has 7 nitrogen and oxygen atoms in total. The summed E-state index contributed by atoms with van der Waals surface area (Å²) in [7, 11) is 0. The average Bonchev–Trinajstić information content (AvgIpc) is 3.37. The van der Waals surface area contributed by atoms with E-state index in [0.29, 0.717) is 24.3 Å². The number of rotatable bonds is 6. The van der Waals surface area contributed by atoms with Gasteiger partial charge in [-0.25, -0.2) is 14.3 Å². The Morgan fingerprint density at radius 2 is 1.90 bits per heavy atom. The van der Waals surface area contributed by atoms with Gasteiger partial charge in [0, 0.05) is 24.5 Å². The van der Waals surface area contributed by atoms with E-state index in [1.165, 1.54) is 0 Å². The van der Waals surface area contributed by atoms with Crippen molar-refractivity contribution < 1.29 is 4.79 Å². The van der Waals surface area contributed by atoms with Crippen LogP contribution < -0.4 is 5.32 Å². The summed E-state index contributed by atoms with van der Waals surface area (Å²) in [5, 5.41) is 11.7. The molecular weight excluding hydrogens is 364 g/mol. The van der Waals surface area contributed by atoms with Crippen LogP contribution in [0.1, 0.15) is 23.4 Å². The highest BCUT2D eigenvalue weighted by atomic mass is 16.1. The number of hydrogen-bond donors (Lipinski definition) is 1. The Hall–Kier alpha value is -3.74. The molecule has 0 atom stereocenters. The highest BCUT2D eigenvalue weighted by molar-refractivity contribution is 5.90. The highest BCUT2D eigenvalue weighted by Crippen LogP contribution is 2.19. The summed E-state index contributed by atoms with van der Waals surface area (Å²) in [6.45, 7) is 4.02. The van der Waals surface area contributed by atoms with E-state index in [1.807, 2.05) is 73.3 Å². The van der Waals surface area contributed by atoms with Crippen LogP contribution in [-0.4, -0.2) is 30.5 Å². The molecule has 1 N–H and O–H groups in total. The molecular formula is C22H22N6O. The predicted molar refractivity (Wildman–Crippen MR) is 111 cm³/mol. The molecule has 0 aliphatic heterocycles. The van der Waals surface area contributed by atoms with Gasteiger partial charge in [-0.15, -0.1) is 0 Å². The zero-order valence-electron chi connectivity index (χ0n) is 16.4. The number of benzene rings is 1. The van der Waals surface area contributed by atoms with Gasteiger partial charge in [0.25, 0.3) is 0 Å². The van der Waals surface area contributed by atoms with Gasteiger partial charge >= 0.3 is 0 Å². The average molecular weight is 386 g/mol. The maximum absolute atomic E-state index is 12.4. The summed E-state index contributed by atoms with van der Waals surface area (Å²) >= 11 is 0. The minimum absolute atomic E-state index is 0.0510. The molecule has 146 valence electrons. The molecule has 1 aromatic carbocycles. The van der Waals surface area contributed by atoms with E-state index in [1.54, 1.807) is 17.1 Å². The second-order valence-corrected chi connectivity index (χ2v) is 6.80. The number of para-hydroxylation sites is 1. The van der Waals surface area contributed by atoms with Gasteiger partial charge in [-0.3, -0.25) is 4.79 Å². The Kier molecular flexibility index (Phi) is 5.20. The molecule has 0 saturated carbocycles. The van der Waals surface area contributed by atoms with E-state index in [0.717, 1.165) is 22.6 Å². The summed E-state index contributed by atoms with van der Waals surface area (Å²) in [5.74, 6) is 0.650. The summed E-state index contributed by atoms with van der Waals surface area (Å²) in [5.41, 5.74) is 4.80. The van der Waals surface area contributed by atoms with Gasteiger partial charge in [-0.05, 0) is 56.2 Å². The molecule has 7 heteroatoms. The Balaban J connectivity index is 1.39. The molecule has 0 bridgehead atoms. The number of anilines is 1. The van der Waals surface area contributed by atoms with Crippen molar-refractivity contribution in [1.29, 1.82) is 0 Å². The first kappa shape index (κ1) is 18.6. The minimum Gasteiger partial charge on any atom is -0.325 e. The third kappa shape index (κ3) is 4.08. The fourth-order valence-electron chi connectivity index (χ4n) is 3.32. The fourth-order valence-corrected chi connectivity index (χ4v) is 3.32. The lowest BCUT2D eigenvalue weighted by atomic mass is 10.1. The molecule has 4 aromatic rings. The van der Waals surface area contributed by atoms with Crippen LogP contribution in [0.3, 0.4) is 0 Å². The van der Waals surface area contributed by atoms with Gasteiger partial charge in [0.15, 0.2) is 5.82 Å². The molecule has 0 radical (unpaired) electrons. The largest absolute Gasteiger partial charge is 0.325 e. The third-order valence-electron chi connectivity index (χ3n) is 4.81. The van der Waals surface area contributed by atoms with Crippen molar-refractivity contribution in [3.63, 3.8) is 0 Å². The number of nitrogens with one attached hydrogen (secondary N) is 1. The zero-order chi connectivity index (χ0) is 20.2. The van der Waals surface area contributed by atoms with Crippen molar-refractivity contribution in [2.45, 2.75) is 26.7 Å². The number of aryl methyl sites for hydroxylation is 1. The number of aromatic nitrogens is 5. The van der Waals surface area contributed by atoms with E-state index < -0.39 is 0 Å².